The Bertz CT molecular complexity index is 1630. The molecule has 13 nitrogen and oxygen atoms in total. The number of hydrogen-bond acceptors (Lipinski definition) is 12. The molecule has 2 unspecified atom stereocenters. The Morgan fingerprint density at radius 1 is 1.00 bits per heavy atom. The van der Waals surface area contributed by atoms with Gasteiger partial charge in [0.05, 0.1) is 42.1 Å². The minimum Gasteiger partial charge on any atom is -0.507 e. The molecular weight excluding hydrogens is 600 g/mol. The van der Waals surface area contributed by atoms with Crippen LogP contribution in [0.25, 0.3) is 0 Å². The number of phenolic OH excluding ortho intramolecular Hbond substituents is 2. The fraction of sp³-hybridized carbons (Fsp3) is 0.515. The number of carbonyl (C=O) groups is 4. The summed E-state index contributed by atoms with van der Waals surface area (Å²) in [6.07, 6.45) is -4.38. The lowest BCUT2D eigenvalue weighted by atomic mass is 9.72. The third-order valence-electron chi connectivity index (χ3n) is 9.95. The second kappa shape index (κ2) is 11.7. The topological polar surface area (TPSA) is 183 Å². The lowest BCUT2D eigenvalue weighted by Gasteiger charge is -2.47. The number of rotatable bonds is 5. The van der Waals surface area contributed by atoms with Crippen LogP contribution in [0.3, 0.4) is 0 Å². The molecular formula is C33H38N2O11. The lowest BCUT2D eigenvalue weighted by Crippen LogP contribution is -2.60. The van der Waals surface area contributed by atoms with Gasteiger partial charge in [-0.3, -0.25) is 24.1 Å². The van der Waals surface area contributed by atoms with Crippen molar-refractivity contribution in [3.63, 3.8) is 0 Å². The molecule has 2 aromatic carbocycles. The highest BCUT2D eigenvalue weighted by molar-refractivity contribution is 6.31. The Morgan fingerprint density at radius 3 is 2.30 bits per heavy atom. The van der Waals surface area contributed by atoms with Crippen molar-refractivity contribution in [2.24, 2.45) is 0 Å². The summed E-state index contributed by atoms with van der Waals surface area (Å²) in [6, 6.07) is 4.04. The van der Waals surface area contributed by atoms with Gasteiger partial charge in [0.2, 0.25) is 11.7 Å². The fourth-order valence-electron chi connectivity index (χ4n) is 7.33. The van der Waals surface area contributed by atoms with Gasteiger partial charge in [0, 0.05) is 75.1 Å². The van der Waals surface area contributed by atoms with E-state index in [0.717, 1.165) is 0 Å². The number of ketones is 3. The average Bonchev–Trinajstić information content (AvgIpc) is 3.02. The Morgan fingerprint density at radius 2 is 1.67 bits per heavy atom. The maximum absolute atomic E-state index is 13.9. The average molecular weight is 639 g/mol. The van der Waals surface area contributed by atoms with E-state index in [0.29, 0.717) is 26.2 Å². The van der Waals surface area contributed by atoms with Crippen LogP contribution >= 0.6 is 0 Å². The van der Waals surface area contributed by atoms with E-state index in [-0.39, 0.29) is 46.8 Å². The number of hydrogen-bond donors (Lipinski definition) is 4. The van der Waals surface area contributed by atoms with Crippen molar-refractivity contribution < 1.29 is 53.8 Å². The number of aliphatic hydroxyl groups excluding tert-OH is 1. The molecule has 2 aliphatic carbocycles. The number of methoxy groups -OCH3 is 1. The number of nitrogens with zero attached hydrogens (tertiary/aromatic N) is 2. The number of Topliss-reactive ketones (excluding diaryl/α,β-unsaturated/α-hetero) is 1. The van der Waals surface area contributed by atoms with E-state index in [9.17, 15) is 39.6 Å². The third kappa shape index (κ3) is 5.06. The molecule has 0 bridgehead atoms. The van der Waals surface area contributed by atoms with Crippen LogP contribution in [0.2, 0.25) is 0 Å². The second-order valence-electron chi connectivity index (χ2n) is 12.6. The van der Waals surface area contributed by atoms with Gasteiger partial charge < -0.3 is 39.5 Å². The Kier molecular flexibility index (Phi) is 8.18. The first-order valence-corrected chi connectivity index (χ1v) is 15.4. The molecule has 6 rings (SSSR count). The molecule has 246 valence electrons. The SMILES string of the molecule is COc1cccc2c1C(=O)c1c(O)c3c(c(O)c1C2=O)C[C@@](O)(C(C)=O)C[C@@H]3O[C@H]1CC(N2CCN(C(C)=O)CC2)C(O)[C@H](C)O1. The van der Waals surface area contributed by atoms with Crippen LogP contribution in [0.1, 0.15) is 82.7 Å². The predicted octanol–water partition coefficient (Wildman–Crippen LogP) is 1.23. The molecule has 2 aliphatic heterocycles. The van der Waals surface area contributed by atoms with E-state index in [1.54, 1.807) is 11.8 Å². The van der Waals surface area contributed by atoms with Crippen molar-refractivity contribution in [1.29, 1.82) is 0 Å². The first-order chi connectivity index (χ1) is 21.8. The second-order valence-corrected chi connectivity index (χ2v) is 12.6. The van der Waals surface area contributed by atoms with Crippen LogP contribution in [0.15, 0.2) is 18.2 Å². The number of amides is 1. The molecule has 2 heterocycles. The van der Waals surface area contributed by atoms with E-state index >= 15 is 0 Å². The van der Waals surface area contributed by atoms with Crippen LogP contribution in [-0.4, -0.2) is 117 Å². The number of benzene rings is 2. The van der Waals surface area contributed by atoms with Crippen molar-refractivity contribution in [1.82, 2.24) is 9.80 Å². The van der Waals surface area contributed by atoms with E-state index < -0.39 is 82.6 Å². The maximum atomic E-state index is 13.9. The van der Waals surface area contributed by atoms with E-state index in [4.69, 9.17) is 14.2 Å². The predicted molar refractivity (Wildman–Crippen MR) is 160 cm³/mol. The molecule has 2 saturated heterocycles. The summed E-state index contributed by atoms with van der Waals surface area (Å²) < 4.78 is 17.7. The molecule has 6 atom stereocenters. The van der Waals surface area contributed by atoms with Gasteiger partial charge in [-0.2, -0.15) is 0 Å². The van der Waals surface area contributed by atoms with Gasteiger partial charge in [0.15, 0.2) is 17.9 Å². The molecule has 13 heteroatoms. The monoisotopic (exact) mass is 638 g/mol. The number of aliphatic hydroxyl groups is 2. The van der Waals surface area contributed by atoms with Gasteiger partial charge in [-0.1, -0.05) is 12.1 Å². The van der Waals surface area contributed by atoms with Crippen LogP contribution in [0.4, 0.5) is 0 Å². The minimum absolute atomic E-state index is 0.0183. The highest BCUT2D eigenvalue weighted by atomic mass is 16.7. The van der Waals surface area contributed by atoms with Gasteiger partial charge in [0.25, 0.3) is 0 Å². The molecule has 2 aromatic rings. The molecule has 1 amide bonds. The Hall–Kier alpha value is -3.88. The smallest absolute Gasteiger partial charge is 0.219 e. The summed E-state index contributed by atoms with van der Waals surface area (Å²) in [6.45, 7) is 6.45. The first-order valence-electron chi connectivity index (χ1n) is 15.4. The Balaban J connectivity index is 1.39. The first kappa shape index (κ1) is 32.1. The molecule has 4 N–H and O–H groups in total. The number of ether oxygens (including phenoxy) is 3. The normalized spacial score (nSPS) is 29.5. The largest absolute Gasteiger partial charge is 0.507 e. The zero-order chi connectivity index (χ0) is 33.2. The van der Waals surface area contributed by atoms with Gasteiger partial charge in [0.1, 0.15) is 22.8 Å². The summed E-state index contributed by atoms with van der Waals surface area (Å²) in [4.78, 5) is 55.9. The number of aromatic hydroxyl groups is 2. The van der Waals surface area contributed by atoms with E-state index in [1.165, 1.54) is 39.2 Å². The van der Waals surface area contributed by atoms with Crippen LogP contribution in [0, 0.1) is 0 Å². The summed E-state index contributed by atoms with van der Waals surface area (Å²) in [5.41, 5.74) is -3.07. The number of fused-ring (bicyclic) bond motifs is 3. The molecule has 0 radical (unpaired) electrons. The van der Waals surface area contributed by atoms with Crippen molar-refractivity contribution in [3.8, 4) is 17.2 Å². The van der Waals surface area contributed by atoms with Crippen molar-refractivity contribution in [3.05, 3.63) is 51.6 Å². The molecule has 0 aromatic heterocycles. The molecule has 4 aliphatic rings. The van der Waals surface area contributed by atoms with Crippen molar-refractivity contribution in [2.75, 3.05) is 33.3 Å². The van der Waals surface area contributed by atoms with E-state index in [1.807, 2.05) is 0 Å². The van der Waals surface area contributed by atoms with Crippen LogP contribution in [-0.2, 0) is 25.5 Å². The highest BCUT2D eigenvalue weighted by Gasteiger charge is 2.50. The lowest BCUT2D eigenvalue weighted by molar-refractivity contribution is -0.259. The third-order valence-corrected chi connectivity index (χ3v) is 9.95. The zero-order valence-corrected chi connectivity index (χ0v) is 26.1. The maximum Gasteiger partial charge on any atom is 0.219 e. The molecule has 46 heavy (non-hydrogen) atoms. The van der Waals surface area contributed by atoms with Crippen LogP contribution < -0.4 is 4.74 Å². The zero-order valence-electron chi connectivity index (χ0n) is 26.1. The molecule has 0 saturated carbocycles. The number of phenols is 2. The summed E-state index contributed by atoms with van der Waals surface area (Å²) in [5, 5.41) is 45.8. The standard InChI is InChI=1S/C33H38N2O11/c1-15-28(38)20(35-10-8-34(9-11-35)17(3)37)12-23(45-15)46-22-14-33(43,16(2)36)13-19-25(22)32(42)27-26(30(19)40)29(39)18-6-5-7-21(44-4)24(18)31(27)41/h5-7,15,20,22-23,28,38,40,42-43H,8-14H2,1-4H3/t15-,20?,22-,23-,28?,33-/m0/s1. The highest BCUT2D eigenvalue weighted by Crippen LogP contribution is 2.52. The Labute approximate surface area is 265 Å². The summed E-state index contributed by atoms with van der Waals surface area (Å²) in [5.74, 6) is -3.21. The van der Waals surface area contributed by atoms with E-state index in [2.05, 4.69) is 4.90 Å². The molecule has 0 spiro atoms. The number of carbonyl (C=O) groups excluding carboxylic acids is 4. The van der Waals surface area contributed by atoms with Crippen LogP contribution in [0.5, 0.6) is 17.2 Å². The summed E-state index contributed by atoms with van der Waals surface area (Å²) in [7, 11) is 1.35. The summed E-state index contributed by atoms with van der Waals surface area (Å²) >= 11 is 0. The quantitative estimate of drug-likeness (QED) is 0.294. The van der Waals surface area contributed by atoms with Gasteiger partial charge in [-0.15, -0.1) is 0 Å². The van der Waals surface area contributed by atoms with Gasteiger partial charge >= 0.3 is 0 Å². The fourth-order valence-corrected chi connectivity index (χ4v) is 7.33. The number of piperazine rings is 1. The van der Waals surface area contributed by atoms with Gasteiger partial charge in [-0.25, -0.2) is 0 Å². The minimum atomic E-state index is -2.03. The van der Waals surface area contributed by atoms with Gasteiger partial charge in [-0.05, 0) is 19.9 Å². The van der Waals surface area contributed by atoms with Crippen molar-refractivity contribution >= 4 is 23.3 Å². The van der Waals surface area contributed by atoms with Crippen molar-refractivity contribution in [2.45, 2.75) is 76.3 Å². The molecule has 2 fully saturated rings.